The van der Waals surface area contributed by atoms with Gasteiger partial charge in [0, 0.05) is 6.20 Å². The molecule has 0 radical (unpaired) electrons. The van der Waals surface area contributed by atoms with Crippen molar-refractivity contribution in [3.8, 4) is 0 Å². The van der Waals surface area contributed by atoms with Crippen LogP contribution in [-0.2, 0) is 9.53 Å². The zero-order valence-electron chi connectivity index (χ0n) is 6.69. The lowest BCUT2D eigenvalue weighted by atomic mass is 10.4. The molecule has 0 amide bonds. The molecule has 0 spiro atoms. The van der Waals surface area contributed by atoms with E-state index < -0.39 is 5.97 Å². The molecule has 0 atom stereocenters. The van der Waals surface area contributed by atoms with Gasteiger partial charge in [-0.05, 0) is 19.1 Å². The molecule has 4 heteroatoms. The zero-order valence-corrected chi connectivity index (χ0v) is 6.69. The lowest BCUT2D eigenvalue weighted by Crippen LogP contribution is -2.10. The van der Waals surface area contributed by atoms with Crippen LogP contribution in [0.25, 0.3) is 0 Å². The van der Waals surface area contributed by atoms with E-state index in [0.29, 0.717) is 13.0 Å². The summed E-state index contributed by atoms with van der Waals surface area (Å²) in [6.45, 7) is 2.02. The first-order valence-corrected chi connectivity index (χ1v) is 3.59. The number of hydrogen-bond acceptors (Lipinski definition) is 3. The van der Waals surface area contributed by atoms with E-state index in [0.717, 1.165) is 0 Å². The standard InChI is InChI=1S/C8H9NO3/c1-2-12-8(11)7-4-3-5-9(7)6-10/h3-6H,2H2,1H3. The Morgan fingerprint density at radius 2 is 2.50 bits per heavy atom. The summed E-state index contributed by atoms with van der Waals surface area (Å²) in [6.07, 6.45) is 2.06. The van der Waals surface area contributed by atoms with Crippen LogP contribution in [0.15, 0.2) is 18.3 Å². The van der Waals surface area contributed by atoms with Crippen LogP contribution in [0.5, 0.6) is 0 Å². The number of aromatic nitrogens is 1. The van der Waals surface area contributed by atoms with Gasteiger partial charge in [-0.1, -0.05) is 0 Å². The average molecular weight is 167 g/mol. The molecule has 0 aliphatic heterocycles. The number of carbonyl (C=O) groups excluding carboxylic acids is 2. The molecule has 0 aromatic carbocycles. The van der Waals surface area contributed by atoms with Crippen LogP contribution in [0.4, 0.5) is 0 Å². The van der Waals surface area contributed by atoms with Crippen LogP contribution in [0.1, 0.15) is 17.4 Å². The van der Waals surface area contributed by atoms with E-state index in [-0.39, 0.29) is 5.69 Å². The third-order valence-electron chi connectivity index (χ3n) is 1.38. The first-order valence-electron chi connectivity index (χ1n) is 3.59. The topological polar surface area (TPSA) is 48.3 Å². The van der Waals surface area contributed by atoms with Crippen molar-refractivity contribution in [2.24, 2.45) is 0 Å². The minimum Gasteiger partial charge on any atom is -0.461 e. The Bertz CT molecular complexity index is 290. The van der Waals surface area contributed by atoms with Crippen molar-refractivity contribution in [3.63, 3.8) is 0 Å². The molecular formula is C8H9NO3. The predicted molar refractivity (Wildman–Crippen MR) is 42.5 cm³/mol. The Labute approximate surface area is 69.7 Å². The molecule has 1 aromatic rings. The number of nitrogens with zero attached hydrogens (tertiary/aromatic N) is 1. The third-order valence-corrected chi connectivity index (χ3v) is 1.38. The summed E-state index contributed by atoms with van der Waals surface area (Å²) >= 11 is 0. The summed E-state index contributed by atoms with van der Waals surface area (Å²) in [6, 6.07) is 3.15. The summed E-state index contributed by atoms with van der Waals surface area (Å²) in [7, 11) is 0. The fraction of sp³-hybridized carbons (Fsp3) is 0.250. The van der Waals surface area contributed by atoms with Gasteiger partial charge in [0.05, 0.1) is 6.61 Å². The van der Waals surface area contributed by atoms with E-state index >= 15 is 0 Å². The highest BCUT2D eigenvalue weighted by molar-refractivity contribution is 5.90. The van der Waals surface area contributed by atoms with E-state index in [1.165, 1.54) is 16.8 Å². The fourth-order valence-electron chi connectivity index (χ4n) is 0.864. The Balaban J connectivity index is 2.86. The molecule has 1 aromatic heterocycles. The Kier molecular flexibility index (Phi) is 2.63. The van der Waals surface area contributed by atoms with Crippen molar-refractivity contribution in [2.45, 2.75) is 6.92 Å². The molecule has 4 nitrogen and oxygen atoms in total. The summed E-state index contributed by atoms with van der Waals surface area (Å²) < 4.78 is 5.89. The van der Waals surface area contributed by atoms with Crippen molar-refractivity contribution in [1.29, 1.82) is 0 Å². The number of hydrogen-bond donors (Lipinski definition) is 0. The molecule has 0 fully saturated rings. The van der Waals surface area contributed by atoms with Crippen molar-refractivity contribution < 1.29 is 14.3 Å². The molecule has 0 bridgehead atoms. The molecule has 64 valence electrons. The monoisotopic (exact) mass is 167 g/mol. The second-order valence-electron chi connectivity index (χ2n) is 2.13. The Morgan fingerprint density at radius 3 is 3.08 bits per heavy atom. The zero-order chi connectivity index (χ0) is 8.97. The van der Waals surface area contributed by atoms with Gasteiger partial charge < -0.3 is 4.74 Å². The van der Waals surface area contributed by atoms with Gasteiger partial charge >= 0.3 is 5.97 Å². The van der Waals surface area contributed by atoms with Gasteiger partial charge in [0.15, 0.2) is 0 Å². The van der Waals surface area contributed by atoms with Gasteiger partial charge in [0.1, 0.15) is 5.69 Å². The second kappa shape index (κ2) is 3.71. The highest BCUT2D eigenvalue weighted by Gasteiger charge is 2.09. The molecule has 0 aliphatic rings. The van der Waals surface area contributed by atoms with Gasteiger partial charge in [0.25, 0.3) is 0 Å². The van der Waals surface area contributed by atoms with Crippen molar-refractivity contribution >= 4 is 12.4 Å². The lowest BCUT2D eigenvalue weighted by molar-refractivity contribution is 0.0517. The van der Waals surface area contributed by atoms with Crippen molar-refractivity contribution in [3.05, 3.63) is 24.0 Å². The van der Waals surface area contributed by atoms with Gasteiger partial charge in [-0.2, -0.15) is 0 Å². The van der Waals surface area contributed by atoms with Gasteiger partial charge in [0.2, 0.25) is 6.41 Å². The van der Waals surface area contributed by atoms with Gasteiger partial charge in [-0.25, -0.2) is 4.79 Å². The number of rotatable bonds is 3. The maximum absolute atomic E-state index is 11.1. The van der Waals surface area contributed by atoms with Crippen LogP contribution in [0.2, 0.25) is 0 Å². The molecule has 0 unspecified atom stereocenters. The van der Waals surface area contributed by atoms with E-state index in [1.54, 1.807) is 13.0 Å². The molecular weight excluding hydrogens is 158 g/mol. The number of carbonyl (C=O) groups is 2. The molecule has 0 saturated carbocycles. The van der Waals surface area contributed by atoms with E-state index in [9.17, 15) is 9.59 Å². The maximum atomic E-state index is 11.1. The van der Waals surface area contributed by atoms with Gasteiger partial charge in [-0.15, -0.1) is 0 Å². The van der Waals surface area contributed by atoms with Crippen molar-refractivity contribution in [1.82, 2.24) is 4.57 Å². The maximum Gasteiger partial charge on any atom is 0.355 e. The minimum atomic E-state index is -0.477. The van der Waals surface area contributed by atoms with E-state index in [1.807, 2.05) is 0 Å². The van der Waals surface area contributed by atoms with Crippen LogP contribution >= 0.6 is 0 Å². The van der Waals surface area contributed by atoms with Crippen molar-refractivity contribution in [2.75, 3.05) is 6.61 Å². The third kappa shape index (κ3) is 1.53. The highest BCUT2D eigenvalue weighted by Crippen LogP contribution is 2.01. The summed E-state index contributed by atoms with van der Waals surface area (Å²) in [4.78, 5) is 21.4. The lowest BCUT2D eigenvalue weighted by Gasteiger charge is -2.00. The quantitative estimate of drug-likeness (QED) is 0.492. The number of ether oxygens (including phenoxy) is 1. The molecule has 0 aliphatic carbocycles. The number of esters is 1. The first kappa shape index (κ1) is 8.52. The molecule has 0 N–H and O–H groups in total. The van der Waals surface area contributed by atoms with Crippen LogP contribution < -0.4 is 0 Å². The molecule has 12 heavy (non-hydrogen) atoms. The second-order valence-corrected chi connectivity index (χ2v) is 2.13. The smallest absolute Gasteiger partial charge is 0.355 e. The van der Waals surface area contributed by atoms with Crippen LogP contribution in [0.3, 0.4) is 0 Å². The first-order chi connectivity index (χ1) is 5.79. The predicted octanol–water partition coefficient (Wildman–Crippen LogP) is 0.703. The normalized spacial score (nSPS) is 9.42. The molecule has 1 rings (SSSR count). The van der Waals surface area contributed by atoms with Crippen LogP contribution in [0, 0.1) is 0 Å². The molecule has 1 heterocycles. The average Bonchev–Trinajstić information content (AvgIpc) is 2.51. The largest absolute Gasteiger partial charge is 0.461 e. The summed E-state index contributed by atoms with van der Waals surface area (Å²) in [5, 5.41) is 0. The molecule has 0 saturated heterocycles. The van der Waals surface area contributed by atoms with Gasteiger partial charge in [-0.3, -0.25) is 9.36 Å². The van der Waals surface area contributed by atoms with E-state index in [2.05, 4.69) is 0 Å². The Morgan fingerprint density at radius 1 is 1.75 bits per heavy atom. The van der Waals surface area contributed by atoms with E-state index in [4.69, 9.17) is 4.74 Å². The fourth-order valence-corrected chi connectivity index (χ4v) is 0.864. The SMILES string of the molecule is CCOC(=O)c1cccn1C=O. The Hall–Kier alpha value is -1.58. The minimum absolute atomic E-state index is 0.256. The van der Waals surface area contributed by atoms with Crippen LogP contribution in [-0.4, -0.2) is 23.6 Å². The highest BCUT2D eigenvalue weighted by atomic mass is 16.5. The summed E-state index contributed by atoms with van der Waals surface area (Å²) in [5.74, 6) is -0.477. The summed E-state index contributed by atoms with van der Waals surface area (Å²) in [5.41, 5.74) is 0.256.